The van der Waals surface area contributed by atoms with Crippen molar-refractivity contribution < 1.29 is 32.3 Å². The van der Waals surface area contributed by atoms with Crippen molar-refractivity contribution in [2.45, 2.75) is 0 Å². The maximum absolute atomic E-state index is 9.42. The van der Waals surface area contributed by atoms with E-state index in [4.69, 9.17) is 10.5 Å². The highest BCUT2D eigenvalue weighted by molar-refractivity contribution is 7.81. The van der Waals surface area contributed by atoms with Gasteiger partial charge in [0.05, 0.1) is 0 Å². The first-order chi connectivity index (χ1) is 3.12. The lowest BCUT2D eigenvalue weighted by Crippen LogP contribution is -2.03. The van der Waals surface area contributed by atoms with Gasteiger partial charge in [0.2, 0.25) is 0 Å². The quantitative estimate of drug-likeness (QED) is 0.401. The lowest BCUT2D eigenvalue weighted by Gasteiger charge is -1.86. The molecule has 0 aliphatic rings. The average Bonchev–Trinajstić information content (AvgIpc) is 1.68. The lowest BCUT2D eigenvalue weighted by atomic mass is 14.9. The minimum absolute atomic E-state index is 0. The lowest BCUT2D eigenvalue weighted by molar-refractivity contribution is -0.198. The second-order valence-electron chi connectivity index (χ2n) is 0.557. The summed E-state index contributed by atoms with van der Waals surface area (Å²) in [5.41, 5.74) is 0. The largest absolute Gasteiger partial charge is 0.452 e. The van der Waals surface area contributed by atoms with Crippen LogP contribution in [0.15, 0.2) is 0 Å². The monoisotopic (exact) mass is 150 g/mol. The topological polar surface area (TPSA) is 93.1 Å². The van der Waals surface area contributed by atoms with Crippen molar-refractivity contribution in [3.63, 3.8) is 0 Å². The minimum Gasteiger partial charge on any atom is -0.269 e. The Kier molecular flexibility index (Phi) is 4.91. The van der Waals surface area contributed by atoms with Crippen molar-refractivity contribution in [2.75, 3.05) is 0 Å². The van der Waals surface area contributed by atoms with Gasteiger partial charge in [-0.3, -0.25) is 4.70 Å². The Morgan fingerprint density at radius 2 is 1.38 bits per heavy atom. The van der Waals surface area contributed by atoms with Crippen LogP contribution in [0, 0.1) is 0 Å². The van der Waals surface area contributed by atoms with Gasteiger partial charge in [0.15, 0.2) is 0 Å². The summed E-state index contributed by atoms with van der Waals surface area (Å²) in [5, 5.41) is 14.4. The van der Waals surface area contributed by atoms with Crippen molar-refractivity contribution in [2.24, 2.45) is 0 Å². The first-order valence-electron chi connectivity index (χ1n) is 1.03. The zero-order valence-electron chi connectivity index (χ0n) is 3.34. The second kappa shape index (κ2) is 3.69. The zero-order valence-corrected chi connectivity index (χ0v) is 4.16. The van der Waals surface area contributed by atoms with E-state index in [0.29, 0.717) is 0 Å². The van der Waals surface area contributed by atoms with E-state index in [1.807, 2.05) is 0 Å². The molecular formula is H3FO6S. The molecule has 0 atom stereocenters. The maximum Gasteiger partial charge on any atom is 0.452 e. The molecular weight excluding hydrogens is 147 g/mol. The van der Waals surface area contributed by atoms with Gasteiger partial charge in [-0.15, -0.1) is 0 Å². The molecule has 0 radical (unpaired) electrons. The molecule has 6 nitrogen and oxygen atoms in total. The fourth-order valence-electron chi connectivity index (χ4n) is 0.0136. The Morgan fingerprint density at radius 3 is 1.38 bits per heavy atom. The van der Waals surface area contributed by atoms with Gasteiger partial charge in [0, 0.05) is 0 Å². The van der Waals surface area contributed by atoms with E-state index in [-0.39, 0.29) is 4.70 Å². The molecule has 0 fully saturated rings. The number of halogens is 1. The van der Waals surface area contributed by atoms with Crippen LogP contribution in [0.2, 0.25) is 0 Å². The average molecular weight is 150 g/mol. The van der Waals surface area contributed by atoms with Crippen molar-refractivity contribution in [3.05, 3.63) is 0 Å². The fraction of sp³-hybridized carbons (Fsp3) is 0. The van der Waals surface area contributed by atoms with Crippen LogP contribution in [0.3, 0.4) is 0 Å². The van der Waals surface area contributed by atoms with E-state index in [9.17, 15) is 8.42 Å². The SMILES string of the molecule is F.O=S(=O)(OO)OO. The second-order valence-corrected chi connectivity index (χ2v) is 1.67. The first-order valence-corrected chi connectivity index (χ1v) is 2.37. The summed E-state index contributed by atoms with van der Waals surface area (Å²) >= 11 is 0. The van der Waals surface area contributed by atoms with Gasteiger partial charge in [-0.05, 0) is 0 Å². The highest BCUT2D eigenvalue weighted by atomic mass is 32.3. The normalized spacial score (nSPS) is 10.2. The predicted octanol–water partition coefficient (Wildman–Crippen LogP) is -0.637. The van der Waals surface area contributed by atoms with Gasteiger partial charge in [-0.25, -0.2) is 10.5 Å². The zero-order chi connectivity index (χ0) is 5.91. The Bertz CT molecular complexity index is 111. The molecule has 0 heterocycles. The third kappa shape index (κ3) is 3.89. The molecule has 8 heavy (non-hydrogen) atoms. The van der Waals surface area contributed by atoms with Crippen LogP contribution < -0.4 is 0 Å². The summed E-state index contributed by atoms with van der Waals surface area (Å²) in [6.45, 7) is 0. The smallest absolute Gasteiger partial charge is 0.269 e. The van der Waals surface area contributed by atoms with Crippen LogP contribution in [0.25, 0.3) is 0 Å². The van der Waals surface area contributed by atoms with E-state index in [0.717, 1.165) is 0 Å². The fourth-order valence-corrected chi connectivity index (χ4v) is 0.0408. The predicted molar refractivity (Wildman–Crippen MR) is 18.9 cm³/mol. The number of hydrogen-bond donors (Lipinski definition) is 2. The van der Waals surface area contributed by atoms with Gasteiger partial charge >= 0.3 is 10.4 Å². The van der Waals surface area contributed by atoms with E-state index in [1.54, 1.807) is 0 Å². The molecule has 0 unspecified atom stereocenters. The Balaban J connectivity index is 0. The van der Waals surface area contributed by atoms with Crippen LogP contribution in [-0.2, 0) is 19.1 Å². The van der Waals surface area contributed by atoms with Crippen LogP contribution >= 0.6 is 0 Å². The summed E-state index contributed by atoms with van der Waals surface area (Å²) < 4.78 is 24.0. The van der Waals surface area contributed by atoms with Crippen LogP contribution in [-0.4, -0.2) is 18.9 Å². The van der Waals surface area contributed by atoms with Crippen LogP contribution in [0.1, 0.15) is 0 Å². The molecule has 0 aromatic heterocycles. The third-order valence-electron chi connectivity index (χ3n) is 0.183. The summed E-state index contributed by atoms with van der Waals surface area (Å²) in [5.74, 6) is 0. The van der Waals surface area contributed by atoms with Crippen molar-refractivity contribution >= 4 is 10.4 Å². The van der Waals surface area contributed by atoms with Crippen molar-refractivity contribution in [3.8, 4) is 0 Å². The van der Waals surface area contributed by atoms with Crippen molar-refractivity contribution in [1.29, 1.82) is 0 Å². The number of rotatable bonds is 2. The summed E-state index contributed by atoms with van der Waals surface area (Å²) in [6, 6.07) is 0. The third-order valence-corrected chi connectivity index (χ3v) is 0.548. The highest BCUT2D eigenvalue weighted by Crippen LogP contribution is 1.85. The molecule has 0 saturated carbocycles. The molecule has 0 spiro atoms. The molecule has 0 amide bonds. The first kappa shape index (κ1) is 10.7. The molecule has 8 heteroatoms. The summed E-state index contributed by atoms with van der Waals surface area (Å²) in [4.78, 5) is 0. The molecule has 0 bridgehead atoms. The Labute approximate surface area is 43.8 Å². The van der Waals surface area contributed by atoms with Gasteiger partial charge < -0.3 is 0 Å². The molecule has 0 aliphatic carbocycles. The molecule has 0 saturated heterocycles. The van der Waals surface area contributed by atoms with Crippen LogP contribution in [0.5, 0.6) is 0 Å². The van der Waals surface area contributed by atoms with Crippen molar-refractivity contribution in [1.82, 2.24) is 0 Å². The Hall–Kier alpha value is -0.280. The van der Waals surface area contributed by atoms with Gasteiger partial charge in [-0.2, -0.15) is 8.42 Å². The van der Waals surface area contributed by atoms with Gasteiger partial charge in [0.25, 0.3) is 0 Å². The summed E-state index contributed by atoms with van der Waals surface area (Å²) in [6.07, 6.45) is 0. The maximum atomic E-state index is 9.42. The van der Waals surface area contributed by atoms with E-state index < -0.39 is 10.4 Å². The molecule has 0 rings (SSSR count). The number of hydrogen-bond acceptors (Lipinski definition) is 6. The molecule has 2 N–H and O–H groups in total. The molecule has 0 aliphatic heterocycles. The van der Waals surface area contributed by atoms with Gasteiger partial charge in [0.1, 0.15) is 0 Å². The van der Waals surface area contributed by atoms with E-state index in [1.165, 1.54) is 0 Å². The molecule has 0 aromatic rings. The van der Waals surface area contributed by atoms with E-state index >= 15 is 0 Å². The van der Waals surface area contributed by atoms with Gasteiger partial charge in [-0.1, -0.05) is 8.67 Å². The minimum atomic E-state index is -4.55. The highest BCUT2D eigenvalue weighted by Gasteiger charge is 2.07. The Morgan fingerprint density at radius 1 is 1.12 bits per heavy atom. The standard InChI is InChI=1S/FH.H2O6S/c;1-5-7(3,4)6-2/h1H;1-2H. The molecule has 0 aromatic carbocycles. The summed E-state index contributed by atoms with van der Waals surface area (Å²) in [7, 11) is -4.55. The van der Waals surface area contributed by atoms with E-state index in [2.05, 4.69) is 8.67 Å². The molecule has 52 valence electrons. The van der Waals surface area contributed by atoms with Crippen LogP contribution in [0.4, 0.5) is 4.70 Å².